The van der Waals surface area contributed by atoms with Gasteiger partial charge in [0, 0.05) is 18.0 Å². The Morgan fingerprint density at radius 1 is 1.32 bits per heavy atom. The van der Waals surface area contributed by atoms with Gasteiger partial charge in [-0.15, -0.1) is 11.8 Å². The zero-order valence-corrected chi connectivity index (χ0v) is 12.0. The lowest BCUT2D eigenvalue weighted by atomic mass is 10.2. The Kier molecular flexibility index (Phi) is 4.71. The molecule has 1 heterocycles. The van der Waals surface area contributed by atoms with Crippen LogP contribution in [-0.4, -0.2) is 47.0 Å². The molecule has 2 atom stereocenters. The van der Waals surface area contributed by atoms with Gasteiger partial charge in [-0.1, -0.05) is 0 Å². The number of nitrogens with zero attached hydrogens (tertiary/aromatic N) is 1. The number of rotatable bonds is 3. The number of benzene rings is 1. The average molecular weight is 281 g/mol. The highest BCUT2D eigenvalue weighted by molar-refractivity contribution is 8.00. The van der Waals surface area contributed by atoms with Crippen LogP contribution in [0.3, 0.4) is 0 Å². The Labute approximate surface area is 117 Å². The standard InChI is InChI=1S/C14H19NO3S/c1-10-7-15(8-11(2)18-10)14(17)9-19-13-5-3-12(16)4-6-13/h3-6,10-11,16H,7-9H2,1-2H3. The smallest absolute Gasteiger partial charge is 0.233 e. The van der Waals surface area contributed by atoms with E-state index < -0.39 is 0 Å². The molecule has 0 spiro atoms. The highest BCUT2D eigenvalue weighted by atomic mass is 32.2. The Morgan fingerprint density at radius 2 is 1.89 bits per heavy atom. The van der Waals surface area contributed by atoms with Gasteiger partial charge in [0.15, 0.2) is 0 Å². The van der Waals surface area contributed by atoms with Gasteiger partial charge in [0.1, 0.15) is 5.75 Å². The molecule has 0 aromatic heterocycles. The highest BCUT2D eigenvalue weighted by Gasteiger charge is 2.25. The number of ether oxygens (including phenoxy) is 1. The van der Waals surface area contributed by atoms with Crippen LogP contribution < -0.4 is 0 Å². The van der Waals surface area contributed by atoms with Gasteiger partial charge in [-0.05, 0) is 38.1 Å². The van der Waals surface area contributed by atoms with Crippen LogP contribution in [0.2, 0.25) is 0 Å². The number of phenolic OH excluding ortho intramolecular Hbond substituents is 1. The molecule has 1 amide bonds. The molecule has 0 saturated carbocycles. The summed E-state index contributed by atoms with van der Waals surface area (Å²) in [6.07, 6.45) is 0.206. The van der Waals surface area contributed by atoms with E-state index in [0.717, 1.165) is 4.90 Å². The van der Waals surface area contributed by atoms with Gasteiger partial charge in [0.2, 0.25) is 5.91 Å². The van der Waals surface area contributed by atoms with Gasteiger partial charge in [-0.2, -0.15) is 0 Å². The molecule has 4 nitrogen and oxygen atoms in total. The normalized spacial score (nSPS) is 23.4. The molecule has 104 valence electrons. The van der Waals surface area contributed by atoms with E-state index in [1.807, 2.05) is 30.9 Å². The number of hydrogen-bond donors (Lipinski definition) is 1. The van der Waals surface area contributed by atoms with E-state index in [2.05, 4.69) is 0 Å². The first-order valence-corrected chi connectivity index (χ1v) is 7.38. The summed E-state index contributed by atoms with van der Waals surface area (Å²) in [4.78, 5) is 15.0. The minimum absolute atomic E-state index is 0.103. The monoisotopic (exact) mass is 281 g/mol. The van der Waals surface area contributed by atoms with E-state index in [4.69, 9.17) is 4.74 Å². The van der Waals surface area contributed by atoms with Gasteiger partial charge in [-0.3, -0.25) is 4.79 Å². The number of hydrogen-bond acceptors (Lipinski definition) is 4. The van der Waals surface area contributed by atoms with Gasteiger partial charge in [0.25, 0.3) is 0 Å². The quantitative estimate of drug-likeness (QED) is 0.862. The summed E-state index contributed by atoms with van der Waals surface area (Å²) in [7, 11) is 0. The summed E-state index contributed by atoms with van der Waals surface area (Å²) < 4.78 is 5.61. The molecule has 19 heavy (non-hydrogen) atoms. The molecule has 1 aliphatic rings. The second-order valence-corrected chi connectivity index (χ2v) is 5.89. The van der Waals surface area contributed by atoms with Crippen LogP contribution in [0.5, 0.6) is 5.75 Å². The first-order chi connectivity index (χ1) is 9.04. The zero-order chi connectivity index (χ0) is 13.8. The fraction of sp³-hybridized carbons (Fsp3) is 0.500. The molecule has 1 aromatic carbocycles. The van der Waals surface area contributed by atoms with Crippen molar-refractivity contribution in [3.05, 3.63) is 24.3 Å². The van der Waals surface area contributed by atoms with Crippen molar-refractivity contribution >= 4 is 17.7 Å². The number of morpholine rings is 1. The summed E-state index contributed by atoms with van der Waals surface area (Å²) in [5.41, 5.74) is 0. The number of carbonyl (C=O) groups excluding carboxylic acids is 1. The molecule has 1 N–H and O–H groups in total. The third-order valence-corrected chi connectivity index (χ3v) is 3.97. The molecular weight excluding hydrogens is 262 g/mol. The zero-order valence-electron chi connectivity index (χ0n) is 11.2. The summed E-state index contributed by atoms with van der Waals surface area (Å²) in [5.74, 6) is 0.802. The molecule has 0 radical (unpaired) electrons. The number of amides is 1. The minimum Gasteiger partial charge on any atom is -0.508 e. The van der Waals surface area contributed by atoms with Gasteiger partial charge in [0.05, 0.1) is 18.0 Å². The van der Waals surface area contributed by atoms with E-state index in [9.17, 15) is 9.90 Å². The maximum Gasteiger partial charge on any atom is 0.233 e. The van der Waals surface area contributed by atoms with Crippen molar-refractivity contribution < 1.29 is 14.6 Å². The van der Waals surface area contributed by atoms with Crippen molar-refractivity contribution in [2.45, 2.75) is 31.0 Å². The third kappa shape index (κ3) is 4.14. The number of thioether (sulfide) groups is 1. The van der Waals surface area contributed by atoms with Gasteiger partial charge < -0.3 is 14.7 Å². The second kappa shape index (κ2) is 6.30. The molecule has 1 saturated heterocycles. The number of carbonyl (C=O) groups is 1. The van der Waals surface area contributed by atoms with E-state index in [-0.39, 0.29) is 23.9 Å². The summed E-state index contributed by atoms with van der Waals surface area (Å²) in [6.45, 7) is 5.31. The van der Waals surface area contributed by atoms with Crippen LogP contribution in [-0.2, 0) is 9.53 Å². The van der Waals surface area contributed by atoms with E-state index in [1.165, 1.54) is 11.8 Å². The van der Waals surface area contributed by atoms with Gasteiger partial charge in [-0.25, -0.2) is 0 Å². The lowest BCUT2D eigenvalue weighted by Gasteiger charge is -2.35. The molecule has 1 fully saturated rings. The van der Waals surface area contributed by atoms with Crippen LogP contribution in [0, 0.1) is 0 Å². The molecule has 2 rings (SSSR count). The molecular formula is C14H19NO3S. The number of aromatic hydroxyl groups is 1. The first kappa shape index (κ1) is 14.2. The van der Waals surface area contributed by atoms with E-state index in [0.29, 0.717) is 18.8 Å². The maximum absolute atomic E-state index is 12.1. The van der Waals surface area contributed by atoms with Crippen molar-refractivity contribution in [2.24, 2.45) is 0 Å². The van der Waals surface area contributed by atoms with Crippen molar-refractivity contribution in [3.8, 4) is 5.75 Å². The van der Waals surface area contributed by atoms with Crippen LogP contribution in [0.25, 0.3) is 0 Å². The topological polar surface area (TPSA) is 49.8 Å². The molecule has 0 aliphatic carbocycles. The average Bonchev–Trinajstić information content (AvgIpc) is 2.36. The third-order valence-electron chi connectivity index (χ3n) is 2.97. The Morgan fingerprint density at radius 3 is 2.47 bits per heavy atom. The molecule has 1 aliphatic heterocycles. The lowest BCUT2D eigenvalue weighted by molar-refractivity contribution is -0.140. The van der Waals surface area contributed by atoms with Crippen LogP contribution in [0.4, 0.5) is 0 Å². The Bertz CT molecular complexity index is 425. The van der Waals surface area contributed by atoms with Crippen LogP contribution in [0.15, 0.2) is 29.2 Å². The van der Waals surface area contributed by atoms with Crippen molar-refractivity contribution in [3.63, 3.8) is 0 Å². The predicted molar refractivity (Wildman–Crippen MR) is 75.4 cm³/mol. The largest absolute Gasteiger partial charge is 0.508 e. The van der Waals surface area contributed by atoms with Crippen molar-refractivity contribution in [2.75, 3.05) is 18.8 Å². The second-order valence-electron chi connectivity index (χ2n) is 4.84. The van der Waals surface area contributed by atoms with E-state index >= 15 is 0 Å². The van der Waals surface area contributed by atoms with E-state index in [1.54, 1.807) is 12.1 Å². The molecule has 2 unspecified atom stereocenters. The molecule has 1 aromatic rings. The Hall–Kier alpha value is -1.20. The Balaban J connectivity index is 1.85. The first-order valence-electron chi connectivity index (χ1n) is 6.39. The number of phenols is 1. The summed E-state index contributed by atoms with van der Waals surface area (Å²) in [5, 5.41) is 9.20. The summed E-state index contributed by atoms with van der Waals surface area (Å²) in [6, 6.07) is 6.90. The predicted octanol–water partition coefficient (Wildman–Crippen LogP) is 2.12. The van der Waals surface area contributed by atoms with Crippen molar-refractivity contribution in [1.82, 2.24) is 4.90 Å². The minimum atomic E-state index is 0.103. The highest BCUT2D eigenvalue weighted by Crippen LogP contribution is 2.21. The lowest BCUT2D eigenvalue weighted by Crippen LogP contribution is -2.48. The van der Waals surface area contributed by atoms with Gasteiger partial charge >= 0.3 is 0 Å². The fourth-order valence-electron chi connectivity index (χ4n) is 2.16. The maximum atomic E-state index is 12.1. The molecule has 0 bridgehead atoms. The summed E-state index contributed by atoms with van der Waals surface area (Å²) >= 11 is 1.49. The molecule has 5 heteroatoms. The van der Waals surface area contributed by atoms with Crippen LogP contribution >= 0.6 is 11.8 Å². The van der Waals surface area contributed by atoms with Crippen LogP contribution in [0.1, 0.15) is 13.8 Å². The fourth-order valence-corrected chi connectivity index (χ4v) is 2.96. The SMILES string of the molecule is CC1CN(C(=O)CSc2ccc(O)cc2)CC(C)O1. The van der Waals surface area contributed by atoms with Crippen molar-refractivity contribution in [1.29, 1.82) is 0 Å².